The van der Waals surface area contributed by atoms with Crippen molar-refractivity contribution >= 4 is 34.1 Å². The minimum Gasteiger partial charge on any atom is -0.510 e. The van der Waals surface area contributed by atoms with Crippen LogP contribution in [0.3, 0.4) is 0 Å². The number of thiazole rings is 1. The Balaban J connectivity index is 1.51. The number of piperazine rings is 1. The highest BCUT2D eigenvalue weighted by molar-refractivity contribution is 7.11. The first-order valence-corrected chi connectivity index (χ1v) is 9.65. The molecule has 0 aliphatic carbocycles. The molecule has 3 heterocycles. The minimum atomic E-state index is 0.215. The molecule has 6 nitrogen and oxygen atoms in total. The van der Waals surface area contributed by atoms with E-state index in [1.165, 1.54) is 17.0 Å². The molecule has 0 spiro atoms. The number of aromatic nitrogens is 1. The highest BCUT2D eigenvalue weighted by Gasteiger charge is 2.31. The normalized spacial score (nSPS) is 18.9. The van der Waals surface area contributed by atoms with Crippen molar-refractivity contribution in [3.05, 3.63) is 46.1 Å². The zero-order valence-electron chi connectivity index (χ0n) is 15.1. The maximum Gasteiger partial charge on any atom is 0.139 e. The average Bonchev–Trinajstić information content (AvgIpc) is 3.18. The summed E-state index contributed by atoms with van der Waals surface area (Å²) in [6, 6.07) is 8.28. The number of amidine groups is 1. The molecule has 2 aliphatic heterocycles. The number of aliphatic hydroxyl groups is 1. The van der Waals surface area contributed by atoms with Gasteiger partial charge in [0.25, 0.3) is 0 Å². The first-order chi connectivity index (χ1) is 12.5. The maximum atomic E-state index is 10.4. The molecule has 0 unspecified atom stereocenters. The molecule has 7 heteroatoms. The van der Waals surface area contributed by atoms with E-state index in [4.69, 9.17) is 5.41 Å². The number of nitrogens with zero attached hydrogens (tertiary/aromatic N) is 4. The molecular weight excluding hydrogens is 346 g/mol. The third-order valence-corrected chi connectivity index (χ3v) is 5.94. The standard InChI is InChI=1S/C19H23N5OS/c1-13-12-26-19(21-13)17-16(25)11-24(18(17)20)15-5-3-14(4-6-15)23-9-7-22(2)8-10-23/h3-6,12,20,25H,7-11H2,1-2H3. The van der Waals surface area contributed by atoms with Crippen LogP contribution in [0.5, 0.6) is 0 Å². The summed E-state index contributed by atoms with van der Waals surface area (Å²) in [7, 11) is 2.15. The van der Waals surface area contributed by atoms with Crippen LogP contribution < -0.4 is 9.80 Å². The quantitative estimate of drug-likeness (QED) is 0.871. The zero-order valence-corrected chi connectivity index (χ0v) is 15.9. The summed E-state index contributed by atoms with van der Waals surface area (Å²) in [5.74, 6) is 0.525. The molecule has 2 aliphatic rings. The fourth-order valence-electron chi connectivity index (χ4n) is 3.40. The van der Waals surface area contributed by atoms with E-state index in [1.807, 2.05) is 29.3 Å². The van der Waals surface area contributed by atoms with Gasteiger partial charge in [-0.1, -0.05) is 0 Å². The molecule has 2 aromatic rings. The number of benzene rings is 1. The van der Waals surface area contributed by atoms with Gasteiger partial charge in [-0.2, -0.15) is 0 Å². The third-order valence-electron chi connectivity index (χ3n) is 4.97. The van der Waals surface area contributed by atoms with Crippen LogP contribution in [0.25, 0.3) is 5.57 Å². The van der Waals surface area contributed by atoms with E-state index in [-0.39, 0.29) is 5.76 Å². The van der Waals surface area contributed by atoms with E-state index in [0.29, 0.717) is 23.0 Å². The van der Waals surface area contributed by atoms with Gasteiger partial charge < -0.3 is 19.8 Å². The summed E-state index contributed by atoms with van der Waals surface area (Å²) in [5, 5.41) is 21.5. The Kier molecular flexibility index (Phi) is 4.42. The van der Waals surface area contributed by atoms with Crippen LogP contribution in [-0.2, 0) is 0 Å². The van der Waals surface area contributed by atoms with Gasteiger partial charge in [-0.25, -0.2) is 4.98 Å². The number of aryl methyl sites for hydroxylation is 1. The van der Waals surface area contributed by atoms with E-state index < -0.39 is 0 Å². The lowest BCUT2D eigenvalue weighted by Crippen LogP contribution is -2.44. The summed E-state index contributed by atoms with van der Waals surface area (Å²) >= 11 is 1.47. The topological polar surface area (TPSA) is 66.7 Å². The van der Waals surface area contributed by atoms with Gasteiger partial charge in [-0.3, -0.25) is 5.41 Å². The molecule has 1 fully saturated rings. The summed E-state index contributed by atoms with van der Waals surface area (Å²) in [6.07, 6.45) is 0. The van der Waals surface area contributed by atoms with E-state index in [1.54, 1.807) is 0 Å². The first kappa shape index (κ1) is 17.1. The van der Waals surface area contributed by atoms with E-state index in [9.17, 15) is 5.11 Å². The van der Waals surface area contributed by atoms with Gasteiger partial charge in [0, 0.05) is 48.6 Å². The van der Waals surface area contributed by atoms with Crippen LogP contribution in [0.1, 0.15) is 10.7 Å². The van der Waals surface area contributed by atoms with Crippen molar-refractivity contribution in [1.29, 1.82) is 5.41 Å². The Bertz CT molecular complexity index is 849. The van der Waals surface area contributed by atoms with E-state index >= 15 is 0 Å². The minimum absolute atomic E-state index is 0.215. The van der Waals surface area contributed by atoms with Gasteiger partial charge in [-0.05, 0) is 38.2 Å². The van der Waals surface area contributed by atoms with Gasteiger partial charge in [0.15, 0.2) is 0 Å². The average molecular weight is 369 g/mol. The van der Waals surface area contributed by atoms with Crippen LogP contribution in [0.15, 0.2) is 35.4 Å². The van der Waals surface area contributed by atoms with Gasteiger partial charge in [0.2, 0.25) is 0 Å². The van der Waals surface area contributed by atoms with Crippen LogP contribution >= 0.6 is 11.3 Å². The van der Waals surface area contributed by atoms with Crippen molar-refractivity contribution < 1.29 is 5.11 Å². The fraction of sp³-hybridized carbons (Fsp3) is 0.368. The fourth-order valence-corrected chi connectivity index (χ4v) is 4.27. The summed E-state index contributed by atoms with van der Waals surface area (Å²) < 4.78 is 0. The van der Waals surface area contributed by atoms with Gasteiger partial charge >= 0.3 is 0 Å². The Morgan fingerprint density at radius 3 is 2.35 bits per heavy atom. The molecule has 136 valence electrons. The lowest BCUT2D eigenvalue weighted by molar-refractivity contribution is 0.313. The van der Waals surface area contributed by atoms with Crippen molar-refractivity contribution in [2.45, 2.75) is 6.92 Å². The maximum absolute atomic E-state index is 10.4. The molecule has 2 N–H and O–H groups in total. The van der Waals surface area contributed by atoms with E-state index in [2.05, 4.69) is 34.0 Å². The predicted octanol–water partition coefficient (Wildman–Crippen LogP) is 2.97. The predicted molar refractivity (Wildman–Crippen MR) is 108 cm³/mol. The molecule has 0 amide bonds. The Hall–Kier alpha value is -2.38. The lowest BCUT2D eigenvalue weighted by Gasteiger charge is -2.34. The van der Waals surface area contributed by atoms with Crippen LogP contribution in [-0.4, -0.2) is 60.6 Å². The molecule has 1 aromatic heterocycles. The highest BCUT2D eigenvalue weighted by Crippen LogP contribution is 2.33. The highest BCUT2D eigenvalue weighted by atomic mass is 32.1. The molecule has 0 saturated carbocycles. The van der Waals surface area contributed by atoms with Crippen molar-refractivity contribution in [3.63, 3.8) is 0 Å². The third kappa shape index (κ3) is 3.08. The second kappa shape index (κ2) is 6.74. The Morgan fingerprint density at radius 1 is 1.08 bits per heavy atom. The Morgan fingerprint density at radius 2 is 1.73 bits per heavy atom. The number of hydrogen-bond donors (Lipinski definition) is 2. The van der Waals surface area contributed by atoms with E-state index in [0.717, 1.165) is 37.6 Å². The smallest absolute Gasteiger partial charge is 0.139 e. The number of rotatable bonds is 3. The van der Waals surface area contributed by atoms with Crippen LogP contribution in [0.4, 0.5) is 11.4 Å². The number of nitrogens with one attached hydrogen (secondary N) is 1. The number of likely N-dealkylation sites (N-methyl/N-ethyl adjacent to an activating group) is 1. The molecule has 0 bridgehead atoms. The molecule has 0 radical (unpaired) electrons. The summed E-state index contributed by atoms with van der Waals surface area (Å²) in [5.41, 5.74) is 3.59. The van der Waals surface area contributed by atoms with Crippen LogP contribution in [0, 0.1) is 12.3 Å². The van der Waals surface area contributed by atoms with Crippen LogP contribution in [0.2, 0.25) is 0 Å². The summed E-state index contributed by atoms with van der Waals surface area (Å²) in [6.45, 7) is 6.46. The van der Waals surface area contributed by atoms with Gasteiger partial charge in [0.1, 0.15) is 16.6 Å². The van der Waals surface area contributed by atoms with Crippen molar-refractivity contribution in [2.24, 2.45) is 0 Å². The molecule has 1 saturated heterocycles. The second-order valence-electron chi connectivity index (χ2n) is 6.86. The SMILES string of the molecule is Cc1csc(C2=C(O)CN(c3ccc(N4CCN(C)CC4)cc3)C2=N)n1. The van der Waals surface area contributed by atoms with Crippen molar-refractivity contribution in [2.75, 3.05) is 49.6 Å². The largest absolute Gasteiger partial charge is 0.510 e. The molecule has 1 aromatic carbocycles. The lowest BCUT2D eigenvalue weighted by atomic mass is 10.2. The molecule has 26 heavy (non-hydrogen) atoms. The first-order valence-electron chi connectivity index (χ1n) is 8.77. The number of aliphatic hydroxyl groups excluding tert-OH is 1. The zero-order chi connectivity index (χ0) is 18.3. The van der Waals surface area contributed by atoms with Crippen molar-refractivity contribution in [1.82, 2.24) is 9.88 Å². The van der Waals surface area contributed by atoms with Gasteiger partial charge in [-0.15, -0.1) is 11.3 Å². The molecular formula is C19H23N5OS. The second-order valence-corrected chi connectivity index (χ2v) is 7.72. The Labute approximate surface area is 157 Å². The summed E-state index contributed by atoms with van der Waals surface area (Å²) in [4.78, 5) is 11.0. The monoisotopic (exact) mass is 369 g/mol. The molecule has 0 atom stereocenters. The molecule has 4 rings (SSSR count). The number of anilines is 2. The number of hydrogen-bond acceptors (Lipinski definition) is 6. The van der Waals surface area contributed by atoms with Crippen molar-refractivity contribution in [3.8, 4) is 0 Å². The van der Waals surface area contributed by atoms with Gasteiger partial charge in [0.05, 0.1) is 12.1 Å².